The fourth-order valence-electron chi connectivity index (χ4n) is 1.80. The largest absolute Gasteiger partial charge is 0.381 e. The summed E-state index contributed by atoms with van der Waals surface area (Å²) < 4.78 is 3.13. The van der Waals surface area contributed by atoms with E-state index in [9.17, 15) is 4.79 Å². The van der Waals surface area contributed by atoms with Crippen molar-refractivity contribution >= 4 is 5.69 Å². The van der Waals surface area contributed by atoms with Crippen LogP contribution >= 0.6 is 0 Å². The average Bonchev–Trinajstić information content (AvgIpc) is 3.05. The molecule has 1 N–H and O–H groups in total. The van der Waals surface area contributed by atoms with E-state index in [4.69, 9.17) is 0 Å². The molecule has 1 saturated carbocycles. The van der Waals surface area contributed by atoms with Crippen LogP contribution in [-0.2, 0) is 13.6 Å². The van der Waals surface area contributed by atoms with Crippen molar-refractivity contribution in [1.29, 1.82) is 0 Å². The fraction of sp³-hybridized carbons (Fsp3) is 0.417. The smallest absolute Gasteiger partial charge is 0.269 e. The van der Waals surface area contributed by atoms with Gasteiger partial charge in [-0.15, -0.1) is 0 Å². The molecule has 2 aromatic rings. The van der Waals surface area contributed by atoms with Crippen LogP contribution in [0, 0.1) is 0 Å². The predicted molar refractivity (Wildman–Crippen MR) is 67.5 cm³/mol. The molecule has 0 aliphatic heterocycles. The van der Waals surface area contributed by atoms with Gasteiger partial charge in [-0.1, -0.05) is 0 Å². The normalized spacial score (nSPS) is 14.7. The summed E-state index contributed by atoms with van der Waals surface area (Å²) in [6, 6.07) is 4.00. The van der Waals surface area contributed by atoms with Crippen LogP contribution in [-0.4, -0.2) is 25.6 Å². The van der Waals surface area contributed by atoms with Gasteiger partial charge in [0.15, 0.2) is 0 Å². The van der Waals surface area contributed by atoms with Crippen molar-refractivity contribution in [1.82, 2.24) is 19.6 Å². The lowest BCUT2D eigenvalue weighted by atomic mass is 10.4. The third-order valence-corrected chi connectivity index (χ3v) is 2.90. The maximum atomic E-state index is 11.9. The molecular weight excluding hydrogens is 230 g/mol. The van der Waals surface area contributed by atoms with E-state index in [0.717, 1.165) is 11.4 Å². The Morgan fingerprint density at radius 1 is 1.50 bits per heavy atom. The molecule has 0 unspecified atom stereocenters. The van der Waals surface area contributed by atoms with E-state index in [1.54, 1.807) is 16.9 Å². The monoisotopic (exact) mass is 245 g/mol. The summed E-state index contributed by atoms with van der Waals surface area (Å²) in [6.45, 7) is 0.406. The summed E-state index contributed by atoms with van der Waals surface area (Å²) in [5.41, 5.74) is 1.53. The van der Waals surface area contributed by atoms with Gasteiger partial charge in [0, 0.05) is 25.4 Å². The summed E-state index contributed by atoms with van der Waals surface area (Å²) in [5.74, 6) is 0. The Hall–Kier alpha value is -2.11. The Kier molecular flexibility index (Phi) is 2.62. The summed E-state index contributed by atoms with van der Waals surface area (Å²) in [6.07, 6.45) is 5.90. The first kappa shape index (κ1) is 11.0. The van der Waals surface area contributed by atoms with Crippen LogP contribution < -0.4 is 10.9 Å². The minimum Gasteiger partial charge on any atom is -0.381 e. The third kappa shape index (κ3) is 2.42. The molecule has 0 aromatic carbocycles. The number of hydrogen-bond donors (Lipinski definition) is 1. The summed E-state index contributed by atoms with van der Waals surface area (Å²) in [7, 11) is 1.85. The second kappa shape index (κ2) is 4.29. The Labute approximate surface area is 104 Å². The molecule has 0 saturated heterocycles. The maximum Gasteiger partial charge on any atom is 0.269 e. The number of aryl methyl sites for hydroxylation is 1. The highest BCUT2D eigenvalue weighted by Crippen LogP contribution is 2.23. The highest BCUT2D eigenvalue weighted by atomic mass is 16.1. The van der Waals surface area contributed by atoms with Crippen LogP contribution in [0.15, 0.2) is 29.3 Å². The number of aromatic nitrogens is 4. The Morgan fingerprint density at radius 2 is 2.33 bits per heavy atom. The maximum absolute atomic E-state index is 11.9. The number of rotatable bonds is 4. The average molecular weight is 245 g/mol. The van der Waals surface area contributed by atoms with Crippen molar-refractivity contribution in [3.8, 4) is 0 Å². The lowest BCUT2D eigenvalue weighted by molar-refractivity contribution is 0.615. The van der Waals surface area contributed by atoms with E-state index in [1.807, 2.05) is 19.3 Å². The van der Waals surface area contributed by atoms with Crippen LogP contribution in [0.5, 0.6) is 0 Å². The lowest BCUT2D eigenvalue weighted by Gasteiger charge is -2.05. The number of nitrogens with zero attached hydrogens (tertiary/aromatic N) is 4. The summed E-state index contributed by atoms with van der Waals surface area (Å²) >= 11 is 0. The first-order valence-corrected chi connectivity index (χ1v) is 6.03. The van der Waals surface area contributed by atoms with E-state index >= 15 is 0 Å². The van der Waals surface area contributed by atoms with Crippen LogP contribution in [0.25, 0.3) is 0 Å². The molecule has 94 valence electrons. The first-order valence-electron chi connectivity index (χ1n) is 6.03. The molecular formula is C12H15N5O. The molecule has 0 atom stereocenters. The fourth-order valence-corrected chi connectivity index (χ4v) is 1.80. The number of hydrogen-bond acceptors (Lipinski definition) is 4. The summed E-state index contributed by atoms with van der Waals surface area (Å²) in [4.78, 5) is 11.9. The molecule has 6 nitrogen and oxygen atoms in total. The van der Waals surface area contributed by atoms with Crippen molar-refractivity contribution in [3.05, 3.63) is 40.6 Å². The molecule has 6 heteroatoms. The van der Waals surface area contributed by atoms with Crippen molar-refractivity contribution in [2.75, 3.05) is 5.32 Å². The number of nitrogens with one attached hydrogen (secondary N) is 1. The zero-order chi connectivity index (χ0) is 12.5. The van der Waals surface area contributed by atoms with Gasteiger partial charge in [-0.2, -0.15) is 10.2 Å². The standard InChI is InChI=1S/C12H15N5O/c1-16-5-4-10(15-16)8-17-12(18)6-11(7-13-17)14-9-2-3-9/h4-7,9,14H,2-3,8H2,1H3. The van der Waals surface area contributed by atoms with Crippen LogP contribution in [0.4, 0.5) is 5.69 Å². The zero-order valence-corrected chi connectivity index (χ0v) is 10.2. The van der Waals surface area contributed by atoms with Gasteiger partial charge in [0.2, 0.25) is 0 Å². The van der Waals surface area contributed by atoms with Crippen molar-refractivity contribution in [3.63, 3.8) is 0 Å². The van der Waals surface area contributed by atoms with E-state index in [1.165, 1.54) is 17.5 Å². The highest BCUT2D eigenvalue weighted by molar-refractivity contribution is 5.41. The molecule has 1 aliphatic rings. The van der Waals surface area contributed by atoms with Crippen molar-refractivity contribution in [2.45, 2.75) is 25.4 Å². The summed E-state index contributed by atoms with van der Waals surface area (Å²) in [5, 5.41) is 11.6. The van der Waals surface area contributed by atoms with E-state index in [-0.39, 0.29) is 5.56 Å². The topological polar surface area (TPSA) is 64.7 Å². The Bertz CT molecular complexity index is 611. The second-order valence-electron chi connectivity index (χ2n) is 4.64. The first-order chi connectivity index (χ1) is 8.70. The van der Waals surface area contributed by atoms with Gasteiger partial charge < -0.3 is 5.32 Å². The molecule has 0 radical (unpaired) electrons. The van der Waals surface area contributed by atoms with Crippen molar-refractivity contribution in [2.24, 2.45) is 7.05 Å². The zero-order valence-electron chi connectivity index (χ0n) is 10.2. The van der Waals surface area contributed by atoms with Crippen LogP contribution in [0.3, 0.4) is 0 Å². The van der Waals surface area contributed by atoms with Gasteiger partial charge in [0.05, 0.1) is 24.1 Å². The molecule has 0 amide bonds. The van der Waals surface area contributed by atoms with Gasteiger partial charge in [-0.3, -0.25) is 9.48 Å². The highest BCUT2D eigenvalue weighted by Gasteiger charge is 2.21. The minimum absolute atomic E-state index is 0.105. The van der Waals surface area contributed by atoms with Crippen LogP contribution in [0.1, 0.15) is 18.5 Å². The van der Waals surface area contributed by atoms with Gasteiger partial charge in [0.1, 0.15) is 0 Å². The minimum atomic E-state index is -0.105. The predicted octanol–water partition coefficient (Wildman–Crippen LogP) is 0.599. The Balaban J connectivity index is 1.77. The molecule has 0 spiro atoms. The Morgan fingerprint density at radius 3 is 2.94 bits per heavy atom. The molecule has 2 aromatic heterocycles. The van der Waals surface area contributed by atoms with Crippen LogP contribution in [0.2, 0.25) is 0 Å². The van der Waals surface area contributed by atoms with Crippen molar-refractivity contribution < 1.29 is 0 Å². The van der Waals surface area contributed by atoms with Gasteiger partial charge in [0.25, 0.3) is 5.56 Å². The quantitative estimate of drug-likeness (QED) is 0.856. The second-order valence-corrected chi connectivity index (χ2v) is 4.64. The SMILES string of the molecule is Cn1ccc(Cn2ncc(NC3CC3)cc2=O)n1. The van der Waals surface area contributed by atoms with E-state index in [2.05, 4.69) is 15.5 Å². The number of anilines is 1. The molecule has 1 aliphatic carbocycles. The third-order valence-electron chi connectivity index (χ3n) is 2.90. The van der Waals surface area contributed by atoms with E-state index < -0.39 is 0 Å². The van der Waals surface area contributed by atoms with Gasteiger partial charge in [-0.05, 0) is 18.9 Å². The lowest BCUT2D eigenvalue weighted by Crippen LogP contribution is -2.23. The molecule has 1 fully saturated rings. The van der Waals surface area contributed by atoms with E-state index in [0.29, 0.717) is 12.6 Å². The van der Waals surface area contributed by atoms with Gasteiger partial charge >= 0.3 is 0 Å². The molecule has 18 heavy (non-hydrogen) atoms. The molecule has 0 bridgehead atoms. The molecule has 2 heterocycles. The molecule has 3 rings (SSSR count). The van der Waals surface area contributed by atoms with Gasteiger partial charge in [-0.25, -0.2) is 4.68 Å².